The lowest BCUT2D eigenvalue weighted by Gasteiger charge is -2.28. The average Bonchev–Trinajstić information content (AvgIpc) is 3.30. The van der Waals surface area contributed by atoms with Gasteiger partial charge < -0.3 is 4.80 Å². The summed E-state index contributed by atoms with van der Waals surface area (Å²) >= 11 is 0. The van der Waals surface area contributed by atoms with Crippen LogP contribution in [0.15, 0.2) is 237 Å². The van der Waals surface area contributed by atoms with Crippen molar-refractivity contribution in [2.75, 3.05) is 0 Å². The first-order valence-corrected chi connectivity index (χ1v) is 23.1. The third-order valence-electron chi connectivity index (χ3n) is 11.2. The second-order valence-corrected chi connectivity index (χ2v) is 19.2. The summed E-state index contributed by atoms with van der Waals surface area (Å²) in [6, 6.07) is 86.3. The largest absolute Gasteiger partial charge is 0.431 e. The topological polar surface area (TPSA) is 20.2 Å². The number of hydrogen-bond donors (Lipinski definition) is 1. The molecule has 0 aromatic heterocycles. The van der Waals surface area contributed by atoms with E-state index in [1.807, 2.05) is 0 Å². The van der Waals surface area contributed by atoms with Gasteiger partial charge in [0.05, 0.1) is 0 Å². The van der Waals surface area contributed by atoms with E-state index in [1.54, 1.807) is 0 Å². The van der Waals surface area contributed by atoms with Gasteiger partial charge in [-0.25, -0.2) is 0 Å². The predicted octanol–water partition coefficient (Wildman–Crippen LogP) is 14.3. The first kappa shape index (κ1) is 37.7. The molecule has 0 amide bonds. The van der Waals surface area contributed by atoms with E-state index in [0.29, 0.717) is 18.1 Å². The van der Waals surface area contributed by atoms with Crippen molar-refractivity contribution in [3.8, 4) is 66.8 Å². The van der Waals surface area contributed by atoms with Gasteiger partial charge in [-0.2, -0.15) is 0 Å². The third kappa shape index (κ3) is 9.16. The van der Waals surface area contributed by atoms with E-state index in [4.69, 9.17) is 0 Å². The monoisotopic (exact) mass is 774 g/mol. The first-order valence-electron chi connectivity index (χ1n) is 20.5. The highest BCUT2D eigenvalue weighted by Crippen LogP contribution is 2.35. The van der Waals surface area contributed by atoms with E-state index in [2.05, 4.69) is 237 Å². The molecule has 284 valence electrons. The zero-order valence-corrected chi connectivity index (χ0v) is 34.1. The number of hydrogen-bond acceptors (Lipinski definition) is 1. The van der Waals surface area contributed by atoms with Crippen LogP contribution in [0.4, 0.5) is 0 Å². The summed E-state index contributed by atoms with van der Waals surface area (Å²) in [7, 11) is -3.22. The fraction of sp³-hybridized carbons (Fsp3) is 0.0526. The zero-order valence-electron chi connectivity index (χ0n) is 33.1. The van der Waals surface area contributed by atoms with Gasteiger partial charge in [0.1, 0.15) is 0 Å². The van der Waals surface area contributed by atoms with Gasteiger partial charge in [0.2, 0.25) is 8.32 Å². The maximum absolute atomic E-state index is 13.7. The molecule has 1 N–H and O–H groups in total. The van der Waals surface area contributed by atoms with Crippen LogP contribution >= 0.6 is 0 Å². The fourth-order valence-corrected chi connectivity index (χ4v) is 11.8. The Hall–Kier alpha value is -6.84. The first-order chi connectivity index (χ1) is 29.0. The van der Waals surface area contributed by atoms with E-state index < -0.39 is 8.32 Å². The maximum Gasteiger partial charge on any atom is 0.201 e. The Morgan fingerprint density at radius 3 is 0.559 bits per heavy atom. The van der Waals surface area contributed by atoms with Gasteiger partial charge in [-0.05, 0) is 120 Å². The van der Waals surface area contributed by atoms with Crippen LogP contribution in [-0.4, -0.2) is 13.1 Å². The Bertz CT molecular complexity index is 2290. The van der Waals surface area contributed by atoms with E-state index >= 15 is 0 Å². The lowest BCUT2D eigenvalue weighted by atomic mass is 9.96. The van der Waals surface area contributed by atoms with Crippen molar-refractivity contribution in [2.24, 2.45) is 0 Å². The fourth-order valence-electron chi connectivity index (χ4n) is 8.49. The number of benzene rings is 9. The Morgan fingerprint density at radius 1 is 0.220 bits per heavy atom. The molecule has 0 atom stereocenters. The molecule has 0 aliphatic heterocycles. The standard InChI is InChI=1S/C57H46OSi/c58-59(40-43-31-52(46-19-7-1-8-20-46)37-53(32-43)47-21-9-2-10-22-47,41-44-33-54(48-23-11-3-12-24-48)38-55(34-44)49-25-13-4-14-26-49)42-45-35-56(50-27-15-5-16-28-50)39-57(36-45)51-29-17-6-18-30-51/h1-39,58H,40-42H2. The second-order valence-electron chi connectivity index (χ2n) is 15.7. The SMILES string of the molecule is O[Si](Cc1cc(-c2ccccc2)cc(-c2ccccc2)c1)(Cc1cc(-c2ccccc2)cc(-c2ccccc2)c1)Cc1cc(-c2ccccc2)cc(-c2ccccc2)c1. The van der Waals surface area contributed by atoms with Gasteiger partial charge in [-0.1, -0.05) is 218 Å². The molecule has 0 aliphatic carbocycles. The summed E-state index contributed by atoms with van der Waals surface area (Å²) in [6.45, 7) is 0. The molecule has 0 aliphatic rings. The molecule has 9 aromatic carbocycles. The number of rotatable bonds is 12. The molecule has 9 aromatic rings. The van der Waals surface area contributed by atoms with Crippen LogP contribution < -0.4 is 0 Å². The zero-order chi connectivity index (χ0) is 39.9. The molecule has 1 nitrogen and oxygen atoms in total. The van der Waals surface area contributed by atoms with E-state index in [9.17, 15) is 4.80 Å². The van der Waals surface area contributed by atoms with Gasteiger partial charge in [0.15, 0.2) is 0 Å². The van der Waals surface area contributed by atoms with Crippen molar-refractivity contribution in [1.29, 1.82) is 0 Å². The summed E-state index contributed by atoms with van der Waals surface area (Å²) in [5.74, 6) is 0. The van der Waals surface area contributed by atoms with Crippen molar-refractivity contribution in [1.82, 2.24) is 0 Å². The molecular formula is C57H46OSi. The predicted molar refractivity (Wildman–Crippen MR) is 251 cm³/mol. The quantitative estimate of drug-likeness (QED) is 0.123. The highest BCUT2D eigenvalue weighted by atomic mass is 28.4. The van der Waals surface area contributed by atoms with Crippen LogP contribution in [0.3, 0.4) is 0 Å². The Morgan fingerprint density at radius 2 is 0.390 bits per heavy atom. The van der Waals surface area contributed by atoms with Gasteiger partial charge in [-0.3, -0.25) is 0 Å². The highest BCUT2D eigenvalue weighted by Gasteiger charge is 2.33. The maximum atomic E-state index is 13.7. The minimum absolute atomic E-state index is 0.597. The molecule has 0 saturated carbocycles. The Labute approximate surface area is 349 Å². The Balaban J connectivity index is 1.20. The normalized spacial score (nSPS) is 11.3. The minimum Gasteiger partial charge on any atom is -0.431 e. The van der Waals surface area contributed by atoms with E-state index in [1.165, 1.54) is 33.4 Å². The minimum atomic E-state index is -3.22. The lowest BCUT2D eigenvalue weighted by Crippen LogP contribution is -2.44. The van der Waals surface area contributed by atoms with Crippen molar-refractivity contribution < 1.29 is 4.80 Å². The molecule has 0 heterocycles. The Kier molecular flexibility index (Phi) is 11.1. The molecule has 0 fully saturated rings. The van der Waals surface area contributed by atoms with Crippen LogP contribution in [0, 0.1) is 0 Å². The highest BCUT2D eigenvalue weighted by molar-refractivity contribution is 6.71. The molecule has 59 heavy (non-hydrogen) atoms. The van der Waals surface area contributed by atoms with E-state index in [-0.39, 0.29) is 0 Å². The van der Waals surface area contributed by atoms with E-state index in [0.717, 1.165) is 50.1 Å². The van der Waals surface area contributed by atoms with Gasteiger partial charge in [0, 0.05) is 0 Å². The van der Waals surface area contributed by atoms with Gasteiger partial charge in [-0.15, -0.1) is 0 Å². The van der Waals surface area contributed by atoms with Crippen LogP contribution in [0.25, 0.3) is 66.8 Å². The molecular weight excluding hydrogens is 729 g/mol. The van der Waals surface area contributed by atoms with Crippen LogP contribution in [0.5, 0.6) is 0 Å². The molecule has 0 bridgehead atoms. The van der Waals surface area contributed by atoms with Crippen molar-refractivity contribution >= 4 is 8.32 Å². The van der Waals surface area contributed by atoms with Gasteiger partial charge in [0.25, 0.3) is 0 Å². The molecule has 0 radical (unpaired) electrons. The lowest BCUT2D eigenvalue weighted by molar-refractivity contribution is 0.523. The average molecular weight is 775 g/mol. The molecule has 0 spiro atoms. The van der Waals surface area contributed by atoms with Crippen LogP contribution in [0.1, 0.15) is 16.7 Å². The summed E-state index contributed by atoms with van der Waals surface area (Å²) in [5.41, 5.74) is 17.4. The molecule has 0 saturated heterocycles. The van der Waals surface area contributed by atoms with Crippen molar-refractivity contribution in [3.05, 3.63) is 253 Å². The van der Waals surface area contributed by atoms with Crippen molar-refractivity contribution in [2.45, 2.75) is 18.1 Å². The van der Waals surface area contributed by atoms with Crippen LogP contribution in [-0.2, 0) is 18.1 Å². The summed E-state index contributed by atoms with van der Waals surface area (Å²) in [6.07, 6.45) is 0. The summed E-state index contributed by atoms with van der Waals surface area (Å²) in [5, 5.41) is 0. The third-order valence-corrected chi connectivity index (χ3v) is 14.4. The van der Waals surface area contributed by atoms with Crippen molar-refractivity contribution in [3.63, 3.8) is 0 Å². The molecule has 9 rings (SSSR count). The van der Waals surface area contributed by atoms with Gasteiger partial charge >= 0.3 is 0 Å². The van der Waals surface area contributed by atoms with Crippen LogP contribution in [0.2, 0.25) is 0 Å². The smallest absolute Gasteiger partial charge is 0.201 e. The summed E-state index contributed by atoms with van der Waals surface area (Å²) < 4.78 is 0. The molecule has 0 unspecified atom stereocenters. The second kappa shape index (κ2) is 17.3. The summed E-state index contributed by atoms with van der Waals surface area (Å²) in [4.78, 5) is 13.7. The molecule has 2 heteroatoms.